The number of aryl methyl sites for hydroxylation is 1. The molecule has 25 heavy (non-hydrogen) atoms. The molecule has 3 rings (SSSR count). The highest BCUT2D eigenvalue weighted by Gasteiger charge is 2.20. The fraction of sp³-hybridized carbons (Fsp3) is 0.632. The van der Waals surface area contributed by atoms with E-state index in [2.05, 4.69) is 41.3 Å². The molecule has 0 aromatic carbocycles. The molecule has 6 nitrogen and oxygen atoms in total. The molecule has 0 spiro atoms. The SMILES string of the molecule is CC(C)(C)c1cnc(CCC(=O)Nc2cc(C3CCCCC3)[nH]n2)o1. The zero-order chi connectivity index (χ0) is 17.9. The van der Waals surface area contributed by atoms with Crippen LogP contribution in [0.25, 0.3) is 0 Å². The normalized spacial score (nSPS) is 16.1. The Hall–Kier alpha value is -2.11. The summed E-state index contributed by atoms with van der Waals surface area (Å²) in [5, 5.41) is 10.2. The number of aromatic nitrogens is 3. The lowest BCUT2D eigenvalue weighted by molar-refractivity contribution is -0.116. The minimum Gasteiger partial charge on any atom is -0.445 e. The van der Waals surface area contributed by atoms with Crippen molar-refractivity contribution >= 4 is 11.7 Å². The van der Waals surface area contributed by atoms with Gasteiger partial charge in [0, 0.05) is 35.9 Å². The first-order valence-electron chi connectivity index (χ1n) is 9.22. The van der Waals surface area contributed by atoms with Crippen molar-refractivity contribution in [3.8, 4) is 0 Å². The highest BCUT2D eigenvalue weighted by molar-refractivity contribution is 5.89. The van der Waals surface area contributed by atoms with Gasteiger partial charge in [-0.3, -0.25) is 9.89 Å². The number of aromatic amines is 1. The molecule has 0 atom stereocenters. The summed E-state index contributed by atoms with van der Waals surface area (Å²) < 4.78 is 5.72. The van der Waals surface area contributed by atoms with Crippen molar-refractivity contribution in [2.24, 2.45) is 0 Å². The van der Waals surface area contributed by atoms with Gasteiger partial charge in [-0.05, 0) is 12.8 Å². The van der Waals surface area contributed by atoms with Crippen molar-refractivity contribution in [3.05, 3.63) is 29.6 Å². The molecule has 1 saturated carbocycles. The second-order valence-electron chi connectivity index (χ2n) is 7.96. The van der Waals surface area contributed by atoms with E-state index in [1.54, 1.807) is 6.20 Å². The summed E-state index contributed by atoms with van der Waals surface area (Å²) in [6.45, 7) is 6.22. The van der Waals surface area contributed by atoms with Gasteiger partial charge in [-0.1, -0.05) is 40.0 Å². The van der Waals surface area contributed by atoms with Crippen LogP contribution in [0.2, 0.25) is 0 Å². The number of nitrogens with one attached hydrogen (secondary N) is 2. The molecule has 2 aromatic rings. The van der Waals surface area contributed by atoms with Crippen molar-refractivity contribution in [3.63, 3.8) is 0 Å². The van der Waals surface area contributed by atoms with E-state index in [0.29, 0.717) is 30.5 Å². The van der Waals surface area contributed by atoms with Crippen LogP contribution < -0.4 is 5.32 Å². The molecule has 6 heteroatoms. The first-order chi connectivity index (χ1) is 11.9. The predicted octanol–water partition coefficient (Wildman–Crippen LogP) is 4.31. The van der Waals surface area contributed by atoms with Crippen LogP contribution in [0, 0.1) is 0 Å². The van der Waals surface area contributed by atoms with Crippen LogP contribution in [-0.4, -0.2) is 21.1 Å². The molecule has 2 N–H and O–H groups in total. The number of carbonyl (C=O) groups is 1. The van der Waals surface area contributed by atoms with E-state index in [1.807, 2.05) is 6.07 Å². The number of nitrogens with zero attached hydrogens (tertiary/aromatic N) is 2. The van der Waals surface area contributed by atoms with E-state index in [-0.39, 0.29) is 11.3 Å². The minimum absolute atomic E-state index is 0.0714. The van der Waals surface area contributed by atoms with Gasteiger partial charge in [0.05, 0.1) is 6.20 Å². The Bertz CT molecular complexity index is 705. The Morgan fingerprint density at radius 2 is 2.08 bits per heavy atom. The quantitative estimate of drug-likeness (QED) is 0.846. The molecule has 0 unspecified atom stereocenters. The number of H-pyrrole nitrogens is 1. The molecular weight excluding hydrogens is 316 g/mol. The standard InChI is InChI=1S/C19H28N4O2/c1-19(2,3)15-12-20-18(25-15)10-9-17(24)21-16-11-14(22-23-16)13-7-5-4-6-8-13/h11-13H,4-10H2,1-3H3,(H2,21,22,23,24). The lowest BCUT2D eigenvalue weighted by Crippen LogP contribution is -2.12. The van der Waals surface area contributed by atoms with Gasteiger partial charge in [-0.25, -0.2) is 4.98 Å². The summed E-state index contributed by atoms with van der Waals surface area (Å²) in [5.41, 5.74) is 1.07. The summed E-state index contributed by atoms with van der Waals surface area (Å²) in [5.74, 6) is 2.53. The number of oxazole rings is 1. The van der Waals surface area contributed by atoms with Crippen LogP contribution in [-0.2, 0) is 16.6 Å². The van der Waals surface area contributed by atoms with Crippen molar-refractivity contribution in [2.45, 2.75) is 77.0 Å². The Labute approximate surface area is 148 Å². The van der Waals surface area contributed by atoms with Crippen LogP contribution >= 0.6 is 0 Å². The number of amides is 1. The van der Waals surface area contributed by atoms with Crippen LogP contribution in [0.5, 0.6) is 0 Å². The highest BCUT2D eigenvalue weighted by Crippen LogP contribution is 2.32. The fourth-order valence-electron chi connectivity index (χ4n) is 3.22. The Kier molecular flexibility index (Phi) is 5.25. The first kappa shape index (κ1) is 17.7. The van der Waals surface area contributed by atoms with Crippen molar-refractivity contribution in [1.29, 1.82) is 0 Å². The van der Waals surface area contributed by atoms with Crippen LogP contribution in [0.4, 0.5) is 5.82 Å². The smallest absolute Gasteiger partial charge is 0.226 e. The van der Waals surface area contributed by atoms with Gasteiger partial charge in [-0.15, -0.1) is 0 Å². The van der Waals surface area contributed by atoms with Gasteiger partial charge in [0.25, 0.3) is 0 Å². The largest absolute Gasteiger partial charge is 0.445 e. The van der Waals surface area contributed by atoms with E-state index in [0.717, 1.165) is 11.5 Å². The molecule has 0 aliphatic heterocycles. The van der Waals surface area contributed by atoms with Crippen molar-refractivity contribution in [1.82, 2.24) is 15.2 Å². The summed E-state index contributed by atoms with van der Waals surface area (Å²) in [6, 6.07) is 1.97. The average Bonchev–Trinajstić information content (AvgIpc) is 3.23. The summed E-state index contributed by atoms with van der Waals surface area (Å²) in [7, 11) is 0. The second kappa shape index (κ2) is 7.42. The highest BCUT2D eigenvalue weighted by atomic mass is 16.4. The third-order valence-corrected chi connectivity index (χ3v) is 4.77. The maximum absolute atomic E-state index is 12.1. The molecule has 1 aliphatic rings. The van der Waals surface area contributed by atoms with Gasteiger partial charge in [0.1, 0.15) is 5.76 Å². The van der Waals surface area contributed by atoms with Gasteiger partial charge in [0.2, 0.25) is 5.91 Å². The molecule has 2 aromatic heterocycles. The molecule has 0 bridgehead atoms. The number of carbonyl (C=O) groups excluding carboxylic acids is 1. The predicted molar refractivity (Wildman–Crippen MR) is 96.6 cm³/mol. The van der Waals surface area contributed by atoms with E-state index in [4.69, 9.17) is 4.42 Å². The molecule has 1 amide bonds. The van der Waals surface area contributed by atoms with Crippen LogP contribution in [0.3, 0.4) is 0 Å². The molecule has 0 saturated heterocycles. The Morgan fingerprint density at radius 3 is 2.76 bits per heavy atom. The molecule has 1 aliphatic carbocycles. The Morgan fingerprint density at radius 1 is 1.32 bits per heavy atom. The van der Waals surface area contributed by atoms with E-state index >= 15 is 0 Å². The number of hydrogen-bond acceptors (Lipinski definition) is 4. The summed E-state index contributed by atoms with van der Waals surface area (Å²) in [6.07, 6.45) is 8.85. The molecular formula is C19H28N4O2. The Balaban J connectivity index is 1.49. The number of rotatable bonds is 5. The monoisotopic (exact) mass is 344 g/mol. The number of hydrogen-bond donors (Lipinski definition) is 2. The topological polar surface area (TPSA) is 83.8 Å². The van der Waals surface area contributed by atoms with E-state index < -0.39 is 0 Å². The van der Waals surface area contributed by atoms with Gasteiger partial charge in [-0.2, -0.15) is 5.10 Å². The van der Waals surface area contributed by atoms with Crippen molar-refractivity contribution in [2.75, 3.05) is 5.32 Å². The third kappa shape index (κ3) is 4.71. The minimum atomic E-state index is -0.0720. The van der Waals surface area contributed by atoms with Gasteiger partial charge in [0.15, 0.2) is 11.7 Å². The first-order valence-corrected chi connectivity index (χ1v) is 9.22. The summed E-state index contributed by atoms with van der Waals surface area (Å²) in [4.78, 5) is 16.4. The van der Waals surface area contributed by atoms with Crippen LogP contribution in [0.15, 0.2) is 16.7 Å². The fourth-order valence-corrected chi connectivity index (χ4v) is 3.22. The maximum Gasteiger partial charge on any atom is 0.226 e. The maximum atomic E-state index is 12.1. The zero-order valence-corrected chi connectivity index (χ0v) is 15.4. The van der Waals surface area contributed by atoms with E-state index in [9.17, 15) is 4.79 Å². The zero-order valence-electron chi connectivity index (χ0n) is 15.4. The van der Waals surface area contributed by atoms with Gasteiger partial charge >= 0.3 is 0 Å². The lowest BCUT2D eigenvalue weighted by atomic mass is 9.87. The molecule has 136 valence electrons. The van der Waals surface area contributed by atoms with E-state index in [1.165, 1.54) is 32.1 Å². The molecule has 0 radical (unpaired) electrons. The second-order valence-corrected chi connectivity index (χ2v) is 7.96. The van der Waals surface area contributed by atoms with Crippen molar-refractivity contribution < 1.29 is 9.21 Å². The van der Waals surface area contributed by atoms with Crippen LogP contribution in [0.1, 0.15) is 82.6 Å². The third-order valence-electron chi connectivity index (χ3n) is 4.77. The average molecular weight is 344 g/mol. The molecule has 1 fully saturated rings. The van der Waals surface area contributed by atoms with Gasteiger partial charge < -0.3 is 9.73 Å². The molecule has 2 heterocycles. The lowest BCUT2D eigenvalue weighted by Gasteiger charge is -2.19. The summed E-state index contributed by atoms with van der Waals surface area (Å²) >= 11 is 0. The number of anilines is 1.